The van der Waals surface area contributed by atoms with Crippen LogP contribution >= 0.6 is 0 Å². The van der Waals surface area contributed by atoms with Gasteiger partial charge in [0, 0.05) is 17.2 Å². The molecule has 142 valence electrons. The Bertz CT molecular complexity index is 1010. The highest BCUT2D eigenvalue weighted by molar-refractivity contribution is 6.00. The molecule has 0 bridgehead atoms. The lowest BCUT2D eigenvalue weighted by Gasteiger charge is -2.36. The summed E-state index contributed by atoms with van der Waals surface area (Å²) in [5, 5.41) is 7.45. The van der Waals surface area contributed by atoms with Crippen LogP contribution in [0.3, 0.4) is 0 Å². The van der Waals surface area contributed by atoms with Crippen molar-refractivity contribution >= 4 is 5.91 Å². The van der Waals surface area contributed by atoms with Gasteiger partial charge in [-0.3, -0.25) is 9.89 Å². The Morgan fingerprint density at radius 3 is 2.54 bits per heavy atom. The second-order valence-corrected chi connectivity index (χ2v) is 7.69. The first-order chi connectivity index (χ1) is 13.7. The normalized spacial score (nSPS) is 19.8. The SMILES string of the molecule is O=C1c2[nH]nc(-c3ccccc3)c2C(c2cccc(F)c2)N1C1CCCCC1. The molecule has 3 aromatic rings. The first-order valence-corrected chi connectivity index (χ1v) is 9.96. The molecule has 1 aliphatic heterocycles. The monoisotopic (exact) mass is 375 g/mol. The summed E-state index contributed by atoms with van der Waals surface area (Å²) in [5.41, 5.74) is 3.94. The molecule has 1 unspecified atom stereocenters. The second kappa shape index (κ2) is 6.89. The van der Waals surface area contributed by atoms with Gasteiger partial charge in [0.1, 0.15) is 11.5 Å². The summed E-state index contributed by atoms with van der Waals surface area (Å²) in [5.74, 6) is -0.308. The van der Waals surface area contributed by atoms with Crippen molar-refractivity contribution in [2.75, 3.05) is 0 Å². The van der Waals surface area contributed by atoms with Gasteiger partial charge in [-0.15, -0.1) is 0 Å². The zero-order valence-corrected chi connectivity index (χ0v) is 15.6. The van der Waals surface area contributed by atoms with Crippen molar-refractivity contribution < 1.29 is 9.18 Å². The predicted octanol–water partition coefficient (Wildman–Crippen LogP) is 5.09. The third-order valence-corrected chi connectivity index (χ3v) is 5.98. The summed E-state index contributed by atoms with van der Waals surface area (Å²) in [6.45, 7) is 0. The first kappa shape index (κ1) is 17.2. The summed E-state index contributed by atoms with van der Waals surface area (Å²) in [6, 6.07) is 16.4. The number of rotatable bonds is 3. The minimum Gasteiger partial charge on any atom is -0.323 e. The van der Waals surface area contributed by atoms with E-state index >= 15 is 0 Å². The molecule has 1 N–H and O–H groups in total. The smallest absolute Gasteiger partial charge is 0.273 e. The van der Waals surface area contributed by atoms with Gasteiger partial charge in [-0.05, 0) is 30.5 Å². The number of fused-ring (bicyclic) bond motifs is 1. The number of aromatic amines is 1. The number of benzene rings is 2. The molecule has 0 radical (unpaired) electrons. The molecule has 1 aromatic heterocycles. The number of hydrogen-bond donors (Lipinski definition) is 1. The highest BCUT2D eigenvalue weighted by atomic mass is 19.1. The van der Waals surface area contributed by atoms with E-state index < -0.39 is 0 Å². The maximum Gasteiger partial charge on any atom is 0.273 e. The van der Waals surface area contributed by atoms with Crippen LogP contribution in [0.4, 0.5) is 4.39 Å². The molecular weight excluding hydrogens is 353 g/mol. The van der Waals surface area contributed by atoms with Crippen LogP contribution in [0.15, 0.2) is 54.6 Å². The topological polar surface area (TPSA) is 49.0 Å². The number of H-pyrrole nitrogens is 1. The lowest BCUT2D eigenvalue weighted by Crippen LogP contribution is -2.40. The van der Waals surface area contributed by atoms with Crippen LogP contribution < -0.4 is 0 Å². The lowest BCUT2D eigenvalue weighted by molar-refractivity contribution is 0.0606. The van der Waals surface area contributed by atoms with Gasteiger partial charge >= 0.3 is 0 Å². The Labute approximate surface area is 163 Å². The van der Waals surface area contributed by atoms with Crippen molar-refractivity contribution in [3.63, 3.8) is 0 Å². The van der Waals surface area contributed by atoms with E-state index in [0.717, 1.165) is 48.1 Å². The summed E-state index contributed by atoms with van der Waals surface area (Å²) in [4.78, 5) is 15.3. The number of carbonyl (C=O) groups is 1. The molecule has 5 heteroatoms. The van der Waals surface area contributed by atoms with E-state index in [1.807, 2.05) is 41.3 Å². The molecule has 2 aliphatic rings. The molecule has 1 saturated carbocycles. The molecule has 1 amide bonds. The van der Waals surface area contributed by atoms with Gasteiger partial charge in [-0.25, -0.2) is 4.39 Å². The molecular formula is C23H22FN3O. The largest absolute Gasteiger partial charge is 0.323 e. The number of hydrogen-bond acceptors (Lipinski definition) is 2. The average molecular weight is 375 g/mol. The zero-order valence-electron chi connectivity index (χ0n) is 15.6. The lowest BCUT2D eigenvalue weighted by atomic mass is 9.91. The molecule has 1 fully saturated rings. The summed E-state index contributed by atoms with van der Waals surface area (Å²) >= 11 is 0. The highest BCUT2D eigenvalue weighted by Crippen LogP contribution is 2.45. The van der Waals surface area contributed by atoms with E-state index in [-0.39, 0.29) is 23.8 Å². The van der Waals surface area contributed by atoms with E-state index in [2.05, 4.69) is 10.2 Å². The van der Waals surface area contributed by atoms with Crippen LogP contribution in [0, 0.1) is 5.82 Å². The van der Waals surface area contributed by atoms with E-state index in [0.29, 0.717) is 5.69 Å². The number of amides is 1. The fourth-order valence-corrected chi connectivity index (χ4v) is 4.72. The van der Waals surface area contributed by atoms with Gasteiger partial charge in [-0.1, -0.05) is 61.7 Å². The van der Waals surface area contributed by atoms with Gasteiger partial charge in [0.15, 0.2) is 0 Å². The van der Waals surface area contributed by atoms with E-state index in [9.17, 15) is 9.18 Å². The van der Waals surface area contributed by atoms with Crippen molar-refractivity contribution in [1.82, 2.24) is 15.1 Å². The van der Waals surface area contributed by atoms with Gasteiger partial charge in [0.2, 0.25) is 0 Å². The van der Waals surface area contributed by atoms with Crippen molar-refractivity contribution in [2.45, 2.75) is 44.2 Å². The number of halogens is 1. The molecule has 4 nitrogen and oxygen atoms in total. The van der Waals surface area contributed by atoms with E-state index in [4.69, 9.17) is 0 Å². The molecule has 0 spiro atoms. The maximum atomic E-state index is 14.1. The van der Waals surface area contributed by atoms with E-state index in [1.165, 1.54) is 12.5 Å². The molecule has 5 rings (SSSR count). The van der Waals surface area contributed by atoms with Crippen molar-refractivity contribution in [3.8, 4) is 11.3 Å². The van der Waals surface area contributed by atoms with Crippen LogP contribution in [-0.4, -0.2) is 27.0 Å². The molecule has 2 aromatic carbocycles. The number of aromatic nitrogens is 2. The Kier molecular flexibility index (Phi) is 4.23. The van der Waals surface area contributed by atoms with Gasteiger partial charge < -0.3 is 4.90 Å². The zero-order chi connectivity index (χ0) is 19.1. The fourth-order valence-electron chi connectivity index (χ4n) is 4.72. The number of carbonyl (C=O) groups excluding carboxylic acids is 1. The minimum atomic E-state index is -0.310. The van der Waals surface area contributed by atoms with Gasteiger partial charge in [0.25, 0.3) is 5.91 Å². The fraction of sp³-hybridized carbons (Fsp3) is 0.304. The van der Waals surface area contributed by atoms with Crippen molar-refractivity contribution in [3.05, 3.63) is 77.2 Å². The highest BCUT2D eigenvalue weighted by Gasteiger charge is 2.45. The Hall–Kier alpha value is -2.95. The Balaban J connectivity index is 1.68. The number of nitrogens with zero attached hydrogens (tertiary/aromatic N) is 2. The second-order valence-electron chi connectivity index (χ2n) is 7.69. The van der Waals surface area contributed by atoms with Crippen LogP contribution in [0.5, 0.6) is 0 Å². The van der Waals surface area contributed by atoms with Crippen molar-refractivity contribution in [1.29, 1.82) is 0 Å². The third-order valence-electron chi connectivity index (χ3n) is 5.98. The summed E-state index contributed by atoms with van der Waals surface area (Å²) in [6.07, 6.45) is 5.46. The van der Waals surface area contributed by atoms with Gasteiger partial charge in [0.05, 0.1) is 11.7 Å². The van der Waals surface area contributed by atoms with Crippen LogP contribution in [0.1, 0.15) is 59.8 Å². The number of nitrogens with one attached hydrogen (secondary N) is 1. The maximum absolute atomic E-state index is 14.1. The van der Waals surface area contributed by atoms with Crippen LogP contribution in [-0.2, 0) is 0 Å². The molecule has 0 saturated heterocycles. The minimum absolute atomic E-state index is 0.0224. The van der Waals surface area contributed by atoms with E-state index in [1.54, 1.807) is 12.1 Å². The van der Waals surface area contributed by atoms with Gasteiger partial charge in [-0.2, -0.15) is 5.10 Å². The molecule has 1 atom stereocenters. The van der Waals surface area contributed by atoms with Crippen LogP contribution in [0.25, 0.3) is 11.3 Å². The quantitative estimate of drug-likeness (QED) is 0.693. The Morgan fingerprint density at radius 2 is 1.79 bits per heavy atom. The predicted molar refractivity (Wildman–Crippen MR) is 105 cm³/mol. The molecule has 2 heterocycles. The molecule has 28 heavy (non-hydrogen) atoms. The first-order valence-electron chi connectivity index (χ1n) is 9.96. The summed E-state index contributed by atoms with van der Waals surface area (Å²) < 4.78 is 14.1. The summed E-state index contributed by atoms with van der Waals surface area (Å²) in [7, 11) is 0. The molecule has 1 aliphatic carbocycles. The van der Waals surface area contributed by atoms with Crippen molar-refractivity contribution in [2.24, 2.45) is 0 Å². The average Bonchev–Trinajstić information content (AvgIpc) is 3.28. The van der Waals surface area contributed by atoms with Crippen LogP contribution in [0.2, 0.25) is 0 Å². The Morgan fingerprint density at radius 1 is 1.00 bits per heavy atom. The standard InChI is InChI=1S/C23H22FN3O/c24-17-11-7-10-16(14-17)22-19-20(15-8-3-1-4-9-15)25-26-21(19)23(28)27(22)18-12-5-2-6-13-18/h1,3-4,7-11,14,18,22H,2,5-6,12-13H2,(H,25,26). The third kappa shape index (κ3) is 2.73.